The number of benzene rings is 1. The maximum atomic E-state index is 6.43. The number of hydrogen-bond donors (Lipinski definition) is 2. The Balaban J connectivity index is 1.63. The number of aromatic nitrogens is 6. The van der Waals surface area contributed by atoms with Crippen molar-refractivity contribution in [1.29, 1.82) is 0 Å². The van der Waals surface area contributed by atoms with Gasteiger partial charge in [-0.3, -0.25) is 4.98 Å². The van der Waals surface area contributed by atoms with E-state index in [-0.39, 0.29) is 11.9 Å². The molecule has 164 valence electrons. The Kier molecular flexibility index (Phi) is 5.31. The third-order valence-electron chi connectivity index (χ3n) is 5.18. The van der Waals surface area contributed by atoms with Gasteiger partial charge in [-0.15, -0.1) is 0 Å². The van der Waals surface area contributed by atoms with E-state index in [0.29, 0.717) is 33.6 Å². The van der Waals surface area contributed by atoms with Crippen LogP contribution in [-0.2, 0) is 0 Å². The van der Waals surface area contributed by atoms with Crippen molar-refractivity contribution in [2.75, 3.05) is 11.1 Å². The first kappa shape index (κ1) is 20.8. The Morgan fingerprint density at radius 2 is 1.94 bits per heavy atom. The molecule has 0 radical (unpaired) electrons. The smallest absolute Gasteiger partial charge is 0.223 e. The lowest BCUT2D eigenvalue weighted by atomic mass is 10.0. The van der Waals surface area contributed by atoms with Gasteiger partial charge in [0.15, 0.2) is 0 Å². The number of rotatable bonds is 5. The molecule has 5 aromatic rings. The molecular formula is C23H19ClN8O. The second kappa shape index (κ2) is 8.44. The molecular weight excluding hydrogens is 440 g/mol. The molecule has 0 aliphatic rings. The van der Waals surface area contributed by atoms with Crippen LogP contribution in [-0.4, -0.2) is 30.1 Å². The molecule has 1 unspecified atom stereocenters. The molecule has 5 rings (SSSR count). The van der Waals surface area contributed by atoms with E-state index in [1.807, 2.05) is 43.3 Å². The quantitative estimate of drug-likeness (QED) is 0.379. The molecule has 0 saturated heterocycles. The lowest BCUT2D eigenvalue weighted by Gasteiger charge is -2.20. The fourth-order valence-corrected chi connectivity index (χ4v) is 3.85. The van der Waals surface area contributed by atoms with Gasteiger partial charge in [0.2, 0.25) is 11.7 Å². The summed E-state index contributed by atoms with van der Waals surface area (Å²) < 4.78 is 5.12. The van der Waals surface area contributed by atoms with Gasteiger partial charge in [0.1, 0.15) is 23.5 Å². The molecule has 0 saturated carbocycles. The van der Waals surface area contributed by atoms with Gasteiger partial charge in [-0.05, 0) is 31.2 Å². The van der Waals surface area contributed by atoms with Crippen molar-refractivity contribution < 1.29 is 4.52 Å². The number of hydrogen-bond acceptors (Lipinski definition) is 9. The summed E-state index contributed by atoms with van der Waals surface area (Å²) in [5.41, 5.74) is 9.69. The minimum atomic E-state index is -0.237. The first-order chi connectivity index (χ1) is 16.0. The summed E-state index contributed by atoms with van der Waals surface area (Å²) in [6.07, 6.45) is 3.12. The van der Waals surface area contributed by atoms with Gasteiger partial charge in [0.05, 0.1) is 28.0 Å². The first-order valence-electron chi connectivity index (χ1n) is 10.2. The van der Waals surface area contributed by atoms with Gasteiger partial charge in [-0.25, -0.2) is 15.0 Å². The number of fused-ring (bicyclic) bond motifs is 1. The number of pyridine rings is 2. The van der Waals surface area contributed by atoms with Crippen molar-refractivity contribution in [2.45, 2.75) is 19.9 Å². The molecule has 0 spiro atoms. The summed E-state index contributed by atoms with van der Waals surface area (Å²) >= 11 is 6.43. The van der Waals surface area contributed by atoms with Gasteiger partial charge < -0.3 is 15.6 Å². The molecule has 10 heteroatoms. The lowest BCUT2D eigenvalue weighted by Crippen LogP contribution is -2.13. The molecule has 4 aromatic heterocycles. The third kappa shape index (κ3) is 3.94. The lowest BCUT2D eigenvalue weighted by molar-refractivity contribution is 0.394. The van der Waals surface area contributed by atoms with Crippen molar-refractivity contribution in [3.05, 3.63) is 71.5 Å². The summed E-state index contributed by atoms with van der Waals surface area (Å²) in [5.74, 6) is 1.46. The molecule has 33 heavy (non-hydrogen) atoms. The summed E-state index contributed by atoms with van der Waals surface area (Å²) in [6.45, 7) is 3.71. The number of nitrogens with two attached hydrogens (primary N) is 1. The van der Waals surface area contributed by atoms with Crippen LogP contribution in [0.15, 0.2) is 59.5 Å². The molecule has 4 heterocycles. The third-order valence-corrected chi connectivity index (χ3v) is 5.49. The highest BCUT2D eigenvalue weighted by molar-refractivity contribution is 6.35. The number of nitrogens with one attached hydrogen (secondary N) is 1. The Hall–Kier alpha value is -4.11. The number of anilines is 2. The Labute approximate surface area is 194 Å². The monoisotopic (exact) mass is 458 g/mol. The van der Waals surface area contributed by atoms with Crippen LogP contribution in [0, 0.1) is 6.92 Å². The standard InChI is InChI=1S/C23H19ClN8O/c1-12(29-22-18(21(25)27-11-28-22)23-30-13(2)33-32-23)15-10-14-6-5-7-16(24)19(14)31-20(15)17-8-3-4-9-26-17/h3-12H,1-2H3,(H3,25,27,28,29). The maximum Gasteiger partial charge on any atom is 0.223 e. The van der Waals surface area contributed by atoms with Crippen molar-refractivity contribution in [3.8, 4) is 22.8 Å². The second-order valence-electron chi connectivity index (χ2n) is 7.44. The van der Waals surface area contributed by atoms with Gasteiger partial charge in [-0.2, -0.15) is 4.98 Å². The van der Waals surface area contributed by atoms with Crippen LogP contribution in [0.3, 0.4) is 0 Å². The predicted molar refractivity (Wildman–Crippen MR) is 126 cm³/mol. The largest absolute Gasteiger partial charge is 0.383 e. The van der Waals surface area contributed by atoms with Crippen molar-refractivity contribution in [1.82, 2.24) is 30.1 Å². The number of para-hydroxylation sites is 1. The van der Waals surface area contributed by atoms with E-state index in [2.05, 4.69) is 36.5 Å². The van der Waals surface area contributed by atoms with E-state index < -0.39 is 0 Å². The summed E-state index contributed by atoms with van der Waals surface area (Å²) in [5, 5.41) is 8.89. The van der Waals surface area contributed by atoms with Gasteiger partial charge in [0, 0.05) is 24.1 Å². The highest BCUT2D eigenvalue weighted by Gasteiger charge is 2.22. The summed E-state index contributed by atoms with van der Waals surface area (Å²) in [6, 6.07) is 13.2. The molecule has 0 fully saturated rings. The molecule has 1 aromatic carbocycles. The summed E-state index contributed by atoms with van der Waals surface area (Å²) in [4.78, 5) is 22.1. The number of aryl methyl sites for hydroxylation is 1. The zero-order valence-corrected chi connectivity index (χ0v) is 18.6. The zero-order valence-electron chi connectivity index (χ0n) is 17.8. The summed E-state index contributed by atoms with van der Waals surface area (Å²) in [7, 11) is 0. The molecule has 0 aliphatic carbocycles. The fourth-order valence-electron chi connectivity index (χ4n) is 3.63. The second-order valence-corrected chi connectivity index (χ2v) is 7.85. The normalized spacial score (nSPS) is 12.1. The molecule has 0 bridgehead atoms. The van der Waals surface area contributed by atoms with Crippen LogP contribution in [0.1, 0.15) is 24.4 Å². The molecule has 0 aliphatic heterocycles. The van der Waals surface area contributed by atoms with Gasteiger partial charge in [0.25, 0.3) is 0 Å². The van der Waals surface area contributed by atoms with Gasteiger partial charge >= 0.3 is 0 Å². The van der Waals surface area contributed by atoms with Gasteiger partial charge in [-0.1, -0.05) is 35.0 Å². The molecule has 1 atom stereocenters. The Bertz CT molecular complexity index is 1450. The molecule has 9 nitrogen and oxygen atoms in total. The minimum absolute atomic E-state index is 0.237. The highest BCUT2D eigenvalue weighted by atomic mass is 35.5. The van der Waals surface area contributed by atoms with Crippen LogP contribution in [0.25, 0.3) is 33.7 Å². The van der Waals surface area contributed by atoms with E-state index >= 15 is 0 Å². The Morgan fingerprint density at radius 3 is 2.70 bits per heavy atom. The van der Waals surface area contributed by atoms with E-state index in [1.54, 1.807) is 13.1 Å². The first-order valence-corrected chi connectivity index (χ1v) is 10.6. The topological polar surface area (TPSA) is 129 Å². The predicted octanol–water partition coefficient (Wildman–Crippen LogP) is 4.85. The maximum absolute atomic E-state index is 6.43. The van der Waals surface area contributed by atoms with Crippen molar-refractivity contribution in [3.63, 3.8) is 0 Å². The minimum Gasteiger partial charge on any atom is -0.383 e. The SMILES string of the molecule is Cc1nc(-c2c(N)ncnc2NC(C)c2cc3cccc(Cl)c3nc2-c2ccccn2)no1. The number of halogens is 1. The van der Waals surface area contributed by atoms with Crippen LogP contribution in [0.4, 0.5) is 11.6 Å². The highest BCUT2D eigenvalue weighted by Crippen LogP contribution is 2.35. The zero-order chi connectivity index (χ0) is 22.9. The van der Waals surface area contributed by atoms with E-state index in [9.17, 15) is 0 Å². The average Bonchev–Trinajstić information content (AvgIpc) is 3.25. The molecule has 0 amide bonds. The average molecular weight is 459 g/mol. The van der Waals surface area contributed by atoms with Crippen LogP contribution in [0.2, 0.25) is 5.02 Å². The van der Waals surface area contributed by atoms with Crippen molar-refractivity contribution >= 4 is 34.1 Å². The number of nitrogen functional groups attached to an aromatic ring is 1. The fraction of sp³-hybridized carbons (Fsp3) is 0.130. The van der Waals surface area contributed by atoms with Crippen LogP contribution < -0.4 is 11.1 Å². The van der Waals surface area contributed by atoms with Crippen LogP contribution in [0.5, 0.6) is 0 Å². The van der Waals surface area contributed by atoms with E-state index in [0.717, 1.165) is 22.3 Å². The number of nitrogens with zero attached hydrogens (tertiary/aromatic N) is 6. The van der Waals surface area contributed by atoms with E-state index in [1.165, 1.54) is 6.33 Å². The van der Waals surface area contributed by atoms with Crippen molar-refractivity contribution in [2.24, 2.45) is 0 Å². The molecule has 3 N–H and O–H groups in total. The van der Waals surface area contributed by atoms with Crippen LogP contribution >= 0.6 is 11.6 Å². The van der Waals surface area contributed by atoms with E-state index in [4.69, 9.17) is 26.8 Å². The Morgan fingerprint density at radius 1 is 1.06 bits per heavy atom.